The molecule has 0 unspecified atom stereocenters. The largest absolute Gasteiger partial charge is 0.493 e. The summed E-state index contributed by atoms with van der Waals surface area (Å²) in [6.45, 7) is 0. The summed E-state index contributed by atoms with van der Waals surface area (Å²) in [4.78, 5) is 11.5. The fourth-order valence-electron chi connectivity index (χ4n) is 4.54. The Hall–Kier alpha value is -3.53. The molecule has 3 aromatic rings. The molecular formula is C26H34N6O3S. The second kappa shape index (κ2) is 11.5. The molecule has 1 saturated carbocycles. The Balaban J connectivity index is 1.33. The average Bonchev–Trinajstić information content (AvgIpc) is 2.88. The molecule has 1 fully saturated rings. The fraction of sp³-hybridized carbons (Fsp3) is 0.423. The smallest absolute Gasteiger partial charge is 0.225 e. The lowest BCUT2D eigenvalue weighted by Crippen LogP contribution is -2.42. The van der Waals surface area contributed by atoms with Gasteiger partial charge in [0, 0.05) is 49.4 Å². The van der Waals surface area contributed by atoms with Gasteiger partial charge in [-0.05, 0) is 50.0 Å². The number of methoxy groups -OCH3 is 3. The predicted molar refractivity (Wildman–Crippen MR) is 149 cm³/mol. The Morgan fingerprint density at radius 2 is 1.56 bits per heavy atom. The van der Waals surface area contributed by atoms with Crippen molar-refractivity contribution in [2.24, 2.45) is 0 Å². The van der Waals surface area contributed by atoms with Gasteiger partial charge in [0.05, 0.1) is 26.8 Å². The van der Waals surface area contributed by atoms with Gasteiger partial charge in [0.15, 0.2) is 16.6 Å². The highest BCUT2D eigenvalue weighted by Crippen LogP contribution is 2.40. The van der Waals surface area contributed by atoms with Crippen LogP contribution in [0.3, 0.4) is 0 Å². The van der Waals surface area contributed by atoms with Crippen molar-refractivity contribution < 1.29 is 14.2 Å². The van der Waals surface area contributed by atoms with E-state index >= 15 is 0 Å². The molecule has 0 amide bonds. The van der Waals surface area contributed by atoms with Gasteiger partial charge in [-0.15, -0.1) is 0 Å². The maximum Gasteiger partial charge on any atom is 0.225 e. The third-order valence-electron chi connectivity index (χ3n) is 6.32. The van der Waals surface area contributed by atoms with Crippen molar-refractivity contribution in [2.45, 2.75) is 37.8 Å². The highest BCUT2D eigenvalue weighted by atomic mass is 32.1. The zero-order valence-electron chi connectivity index (χ0n) is 21.4. The molecule has 9 nitrogen and oxygen atoms in total. The van der Waals surface area contributed by atoms with Gasteiger partial charge in [0.2, 0.25) is 11.7 Å². The van der Waals surface area contributed by atoms with Crippen LogP contribution in [0.2, 0.25) is 0 Å². The maximum absolute atomic E-state index is 5.58. The van der Waals surface area contributed by atoms with Crippen LogP contribution >= 0.6 is 12.2 Å². The summed E-state index contributed by atoms with van der Waals surface area (Å²) >= 11 is 5.58. The van der Waals surface area contributed by atoms with Crippen molar-refractivity contribution >= 4 is 45.7 Å². The molecule has 0 saturated heterocycles. The first-order chi connectivity index (χ1) is 17.4. The highest BCUT2D eigenvalue weighted by Gasteiger charge is 2.23. The minimum Gasteiger partial charge on any atom is -0.493 e. The Kier molecular flexibility index (Phi) is 8.14. The van der Waals surface area contributed by atoms with E-state index in [2.05, 4.69) is 22.0 Å². The predicted octanol–water partition coefficient (Wildman–Crippen LogP) is 4.43. The maximum atomic E-state index is 5.58. The number of anilines is 3. The number of rotatable bonds is 8. The molecule has 0 spiro atoms. The molecule has 3 N–H and O–H groups in total. The van der Waals surface area contributed by atoms with Crippen molar-refractivity contribution in [1.82, 2.24) is 15.3 Å². The van der Waals surface area contributed by atoms with Gasteiger partial charge in [-0.25, -0.2) is 4.98 Å². The molecule has 4 rings (SSSR count). The molecule has 1 aliphatic carbocycles. The molecule has 0 radical (unpaired) electrons. The zero-order chi connectivity index (χ0) is 25.7. The van der Waals surface area contributed by atoms with Gasteiger partial charge < -0.3 is 35.1 Å². The lowest BCUT2D eigenvalue weighted by Gasteiger charge is -2.30. The van der Waals surface area contributed by atoms with Crippen LogP contribution in [0.25, 0.3) is 10.9 Å². The van der Waals surface area contributed by atoms with E-state index in [4.69, 9.17) is 36.4 Å². The number of aromatic nitrogens is 2. The molecule has 1 aliphatic rings. The van der Waals surface area contributed by atoms with Crippen molar-refractivity contribution in [3.8, 4) is 17.2 Å². The molecule has 192 valence electrons. The van der Waals surface area contributed by atoms with E-state index in [0.29, 0.717) is 40.4 Å². The summed E-state index contributed by atoms with van der Waals surface area (Å²) in [5, 5.41) is 11.9. The number of para-hydroxylation sites is 1. The highest BCUT2D eigenvalue weighted by molar-refractivity contribution is 7.80. The number of fused-ring (bicyclic) bond motifs is 1. The van der Waals surface area contributed by atoms with Gasteiger partial charge in [0.1, 0.15) is 5.82 Å². The number of hydrogen-bond donors (Lipinski definition) is 3. The van der Waals surface area contributed by atoms with Crippen molar-refractivity contribution in [1.29, 1.82) is 0 Å². The van der Waals surface area contributed by atoms with Crippen LogP contribution in [0.1, 0.15) is 25.7 Å². The van der Waals surface area contributed by atoms with E-state index in [9.17, 15) is 0 Å². The summed E-state index contributed by atoms with van der Waals surface area (Å²) < 4.78 is 16.2. The first-order valence-electron chi connectivity index (χ1n) is 12.0. The van der Waals surface area contributed by atoms with E-state index in [1.807, 2.05) is 49.3 Å². The van der Waals surface area contributed by atoms with Crippen LogP contribution in [0, 0.1) is 0 Å². The Labute approximate surface area is 217 Å². The monoisotopic (exact) mass is 510 g/mol. The van der Waals surface area contributed by atoms with E-state index in [-0.39, 0.29) is 0 Å². The number of nitrogens with one attached hydrogen (secondary N) is 3. The molecule has 1 heterocycles. The van der Waals surface area contributed by atoms with Crippen molar-refractivity contribution in [3.63, 3.8) is 0 Å². The Morgan fingerprint density at radius 3 is 2.17 bits per heavy atom. The van der Waals surface area contributed by atoms with Crippen LogP contribution in [0.4, 0.5) is 17.5 Å². The molecule has 10 heteroatoms. The first-order valence-corrected chi connectivity index (χ1v) is 12.4. The first kappa shape index (κ1) is 25.6. The van der Waals surface area contributed by atoms with Gasteiger partial charge in [0.25, 0.3) is 0 Å². The van der Waals surface area contributed by atoms with Crippen LogP contribution in [-0.2, 0) is 0 Å². The van der Waals surface area contributed by atoms with Crippen LogP contribution in [0.5, 0.6) is 17.2 Å². The van der Waals surface area contributed by atoms with Gasteiger partial charge >= 0.3 is 0 Å². The summed E-state index contributed by atoms with van der Waals surface area (Å²) in [6.07, 6.45) is 3.97. The normalized spacial score (nSPS) is 17.2. The molecule has 2 aromatic carbocycles. The third kappa shape index (κ3) is 5.81. The molecule has 1 aromatic heterocycles. The van der Waals surface area contributed by atoms with E-state index < -0.39 is 0 Å². The van der Waals surface area contributed by atoms with Gasteiger partial charge in [-0.1, -0.05) is 12.1 Å². The topological polar surface area (TPSA) is 92.8 Å². The number of nitrogens with zero attached hydrogens (tertiary/aromatic N) is 3. The second-order valence-electron chi connectivity index (χ2n) is 8.99. The summed E-state index contributed by atoms with van der Waals surface area (Å²) in [6, 6.07) is 12.4. The minimum atomic E-state index is 0.292. The van der Waals surface area contributed by atoms with Crippen LogP contribution in [-0.4, -0.2) is 62.6 Å². The summed E-state index contributed by atoms with van der Waals surface area (Å²) in [5.41, 5.74) is 1.71. The minimum absolute atomic E-state index is 0.292. The summed E-state index contributed by atoms with van der Waals surface area (Å²) in [5.74, 6) is 3.28. The van der Waals surface area contributed by atoms with Crippen molar-refractivity contribution in [3.05, 3.63) is 36.4 Å². The lowest BCUT2D eigenvalue weighted by atomic mass is 9.91. The quantitative estimate of drug-likeness (QED) is 0.378. The molecule has 0 aliphatic heterocycles. The van der Waals surface area contributed by atoms with Crippen LogP contribution in [0.15, 0.2) is 36.4 Å². The van der Waals surface area contributed by atoms with E-state index in [1.165, 1.54) is 0 Å². The standard InChI is InChI=1S/C26H34N6O3S/c1-32(2)24-19-8-6-7-9-20(19)30-25(31-24)27-16-10-12-17(13-11-16)28-26(36)29-18-14-21(33-3)23(35-5)22(15-18)34-4/h6-9,14-17H,10-13H2,1-5H3,(H,27,30,31)(H2,28,29,36). The van der Waals surface area contributed by atoms with E-state index in [0.717, 1.165) is 48.1 Å². The lowest BCUT2D eigenvalue weighted by molar-refractivity contribution is 0.324. The Morgan fingerprint density at radius 1 is 0.917 bits per heavy atom. The molecule has 0 bridgehead atoms. The SMILES string of the molecule is COc1cc(NC(=S)NC2CCC(Nc3nc(N(C)C)c4ccccc4n3)CC2)cc(OC)c1OC. The van der Waals surface area contributed by atoms with Crippen LogP contribution < -0.4 is 35.1 Å². The van der Waals surface area contributed by atoms with E-state index in [1.54, 1.807) is 21.3 Å². The number of ether oxygens (including phenoxy) is 3. The zero-order valence-corrected chi connectivity index (χ0v) is 22.2. The van der Waals surface area contributed by atoms with Gasteiger partial charge in [-0.2, -0.15) is 4.98 Å². The second-order valence-corrected chi connectivity index (χ2v) is 9.40. The molecule has 36 heavy (non-hydrogen) atoms. The fourth-order valence-corrected chi connectivity index (χ4v) is 4.82. The molecule has 0 atom stereocenters. The number of hydrogen-bond acceptors (Lipinski definition) is 8. The van der Waals surface area contributed by atoms with Gasteiger partial charge in [-0.3, -0.25) is 0 Å². The number of thiocarbonyl (C=S) groups is 1. The number of benzene rings is 2. The third-order valence-corrected chi connectivity index (χ3v) is 6.54. The van der Waals surface area contributed by atoms with Crippen molar-refractivity contribution in [2.75, 3.05) is 51.0 Å². The Bertz CT molecular complexity index is 1190. The average molecular weight is 511 g/mol. The molecular weight excluding hydrogens is 476 g/mol. The summed E-state index contributed by atoms with van der Waals surface area (Å²) in [7, 11) is 8.77.